The molecule has 4 rings (SSSR count). The number of fused-ring (bicyclic) bond motifs is 1. The second-order valence-electron chi connectivity index (χ2n) is 6.05. The molecule has 2 aromatic heterocycles. The molecule has 0 amide bonds. The van der Waals surface area contributed by atoms with E-state index in [0.717, 1.165) is 18.4 Å². The Labute approximate surface area is 113 Å². The average Bonchev–Trinajstić information content (AvgIpc) is 3.20. The van der Waals surface area contributed by atoms with E-state index in [-0.39, 0.29) is 0 Å². The first kappa shape index (κ1) is 11.4. The van der Waals surface area contributed by atoms with Crippen LogP contribution < -0.4 is 5.73 Å². The van der Waals surface area contributed by atoms with Crippen molar-refractivity contribution < 1.29 is 0 Å². The summed E-state index contributed by atoms with van der Waals surface area (Å²) in [4.78, 5) is 9.09. The van der Waals surface area contributed by atoms with Crippen molar-refractivity contribution in [3.63, 3.8) is 0 Å². The monoisotopic (exact) mass is 256 g/mol. The fraction of sp³-hybridized carbons (Fsp3) is 0.600. The Hall–Kier alpha value is -1.42. The van der Waals surface area contributed by atoms with Crippen LogP contribution in [0.25, 0.3) is 11.0 Å². The number of pyridine rings is 1. The predicted octanol–water partition coefficient (Wildman–Crippen LogP) is 2.75. The lowest BCUT2D eigenvalue weighted by atomic mass is 9.86. The minimum absolute atomic E-state index is 0.400. The SMILES string of the molecule is NC1CCC(c2nc3cnccc3n2C2CC2)CC1. The molecule has 0 saturated heterocycles. The van der Waals surface area contributed by atoms with E-state index in [9.17, 15) is 0 Å². The van der Waals surface area contributed by atoms with E-state index < -0.39 is 0 Å². The molecule has 2 N–H and O–H groups in total. The molecule has 4 nitrogen and oxygen atoms in total. The Morgan fingerprint density at radius 3 is 2.63 bits per heavy atom. The summed E-state index contributed by atoms with van der Waals surface area (Å²) in [5.41, 5.74) is 8.34. The Balaban J connectivity index is 1.78. The molecule has 19 heavy (non-hydrogen) atoms. The molecule has 0 bridgehead atoms. The molecule has 2 aliphatic carbocycles. The van der Waals surface area contributed by atoms with Gasteiger partial charge in [-0.2, -0.15) is 0 Å². The maximum atomic E-state index is 6.02. The molecule has 4 heteroatoms. The smallest absolute Gasteiger partial charge is 0.113 e. The van der Waals surface area contributed by atoms with Crippen LogP contribution in [0.1, 0.15) is 56.3 Å². The predicted molar refractivity (Wildman–Crippen MR) is 75.0 cm³/mol. The fourth-order valence-corrected chi connectivity index (χ4v) is 3.35. The highest BCUT2D eigenvalue weighted by molar-refractivity contribution is 5.75. The van der Waals surface area contributed by atoms with Gasteiger partial charge in [0.2, 0.25) is 0 Å². The quantitative estimate of drug-likeness (QED) is 0.898. The summed E-state index contributed by atoms with van der Waals surface area (Å²) in [5.74, 6) is 1.88. The van der Waals surface area contributed by atoms with Crippen LogP contribution in [0.5, 0.6) is 0 Å². The second kappa shape index (κ2) is 4.30. The van der Waals surface area contributed by atoms with Crippen molar-refractivity contribution >= 4 is 11.0 Å². The number of imidazole rings is 1. The lowest BCUT2D eigenvalue weighted by molar-refractivity contribution is 0.377. The zero-order valence-corrected chi connectivity index (χ0v) is 11.1. The van der Waals surface area contributed by atoms with Gasteiger partial charge in [-0.25, -0.2) is 4.98 Å². The van der Waals surface area contributed by atoms with Gasteiger partial charge in [-0.15, -0.1) is 0 Å². The summed E-state index contributed by atoms with van der Waals surface area (Å²) < 4.78 is 2.48. The second-order valence-corrected chi connectivity index (χ2v) is 6.05. The Kier molecular flexibility index (Phi) is 2.58. The van der Waals surface area contributed by atoms with Crippen molar-refractivity contribution in [3.05, 3.63) is 24.3 Å². The maximum absolute atomic E-state index is 6.02. The molecule has 2 heterocycles. The third-order valence-corrected chi connectivity index (χ3v) is 4.57. The van der Waals surface area contributed by atoms with Crippen LogP contribution >= 0.6 is 0 Å². The first-order valence-corrected chi connectivity index (χ1v) is 7.40. The number of aromatic nitrogens is 3. The maximum Gasteiger partial charge on any atom is 0.113 e. The van der Waals surface area contributed by atoms with Crippen molar-refractivity contribution in [1.82, 2.24) is 14.5 Å². The minimum atomic E-state index is 0.400. The molecule has 0 unspecified atom stereocenters. The molecule has 0 aromatic carbocycles. The van der Waals surface area contributed by atoms with Gasteiger partial charge >= 0.3 is 0 Å². The van der Waals surface area contributed by atoms with Crippen molar-refractivity contribution in [1.29, 1.82) is 0 Å². The topological polar surface area (TPSA) is 56.7 Å². The van der Waals surface area contributed by atoms with Crippen LogP contribution in [0.4, 0.5) is 0 Å². The molecule has 2 saturated carbocycles. The van der Waals surface area contributed by atoms with Crippen molar-refractivity contribution in [2.24, 2.45) is 5.73 Å². The molecule has 2 aliphatic rings. The van der Waals surface area contributed by atoms with Crippen LogP contribution in [0.15, 0.2) is 18.5 Å². The Bertz CT molecular complexity index is 591. The Morgan fingerprint density at radius 1 is 1.11 bits per heavy atom. The van der Waals surface area contributed by atoms with E-state index in [4.69, 9.17) is 10.7 Å². The molecule has 0 radical (unpaired) electrons. The van der Waals surface area contributed by atoms with Crippen LogP contribution in [-0.4, -0.2) is 20.6 Å². The third-order valence-electron chi connectivity index (χ3n) is 4.57. The van der Waals surface area contributed by atoms with Crippen LogP contribution in [-0.2, 0) is 0 Å². The lowest BCUT2D eigenvalue weighted by Crippen LogP contribution is -2.26. The van der Waals surface area contributed by atoms with Crippen LogP contribution in [0.2, 0.25) is 0 Å². The van der Waals surface area contributed by atoms with Crippen molar-refractivity contribution in [3.8, 4) is 0 Å². The van der Waals surface area contributed by atoms with Gasteiger partial charge in [-0.05, 0) is 44.6 Å². The molecule has 0 aliphatic heterocycles. The largest absolute Gasteiger partial charge is 0.328 e. The van der Waals surface area contributed by atoms with Gasteiger partial charge in [0.05, 0.1) is 11.7 Å². The number of nitrogens with two attached hydrogens (primary N) is 1. The highest BCUT2D eigenvalue weighted by atomic mass is 15.1. The van der Waals surface area contributed by atoms with Crippen LogP contribution in [0.3, 0.4) is 0 Å². The van der Waals surface area contributed by atoms with Gasteiger partial charge in [-0.1, -0.05) is 0 Å². The van der Waals surface area contributed by atoms with E-state index in [1.807, 2.05) is 12.4 Å². The molecule has 0 atom stereocenters. The summed E-state index contributed by atoms with van der Waals surface area (Å²) in [6.07, 6.45) is 11.0. The minimum Gasteiger partial charge on any atom is -0.328 e. The van der Waals surface area contributed by atoms with Gasteiger partial charge in [0, 0.05) is 24.2 Å². The van der Waals surface area contributed by atoms with Crippen LogP contribution in [0, 0.1) is 0 Å². The first-order valence-electron chi connectivity index (χ1n) is 7.40. The summed E-state index contributed by atoms with van der Waals surface area (Å²) in [6.45, 7) is 0. The normalized spacial score (nSPS) is 27.8. The zero-order valence-electron chi connectivity index (χ0n) is 11.1. The third kappa shape index (κ3) is 1.94. The number of hydrogen-bond acceptors (Lipinski definition) is 3. The summed E-state index contributed by atoms with van der Waals surface area (Å²) in [6, 6.07) is 3.19. The van der Waals surface area contributed by atoms with E-state index in [1.54, 1.807) is 0 Å². The molecular formula is C15H20N4. The van der Waals surface area contributed by atoms with Gasteiger partial charge in [-0.3, -0.25) is 4.98 Å². The zero-order chi connectivity index (χ0) is 12.8. The van der Waals surface area contributed by atoms with Gasteiger partial charge in [0.15, 0.2) is 0 Å². The number of nitrogens with zero attached hydrogens (tertiary/aromatic N) is 3. The highest BCUT2D eigenvalue weighted by Gasteiger charge is 2.32. The average molecular weight is 256 g/mol. The molecule has 100 valence electrons. The van der Waals surface area contributed by atoms with E-state index in [2.05, 4.69) is 15.6 Å². The van der Waals surface area contributed by atoms with Gasteiger partial charge in [0.1, 0.15) is 11.3 Å². The summed E-state index contributed by atoms with van der Waals surface area (Å²) in [7, 11) is 0. The fourth-order valence-electron chi connectivity index (χ4n) is 3.35. The van der Waals surface area contributed by atoms with Gasteiger partial charge in [0.25, 0.3) is 0 Å². The van der Waals surface area contributed by atoms with E-state index in [1.165, 1.54) is 37.0 Å². The first-order chi connectivity index (χ1) is 9.33. The molecule has 0 spiro atoms. The lowest BCUT2D eigenvalue weighted by Gasteiger charge is -2.26. The number of hydrogen-bond donors (Lipinski definition) is 1. The van der Waals surface area contributed by atoms with E-state index >= 15 is 0 Å². The Morgan fingerprint density at radius 2 is 1.89 bits per heavy atom. The summed E-state index contributed by atoms with van der Waals surface area (Å²) >= 11 is 0. The standard InChI is InChI=1S/C15H20N4/c16-11-3-1-10(2-4-11)15-18-13-9-17-8-7-14(13)19(15)12-5-6-12/h7-12H,1-6,16H2. The molecule has 2 fully saturated rings. The van der Waals surface area contributed by atoms with Crippen molar-refractivity contribution in [2.45, 2.75) is 56.5 Å². The number of rotatable bonds is 2. The molecule has 2 aromatic rings. The van der Waals surface area contributed by atoms with Crippen molar-refractivity contribution in [2.75, 3.05) is 0 Å². The highest BCUT2D eigenvalue weighted by Crippen LogP contribution is 2.42. The molecular weight excluding hydrogens is 236 g/mol. The van der Waals surface area contributed by atoms with Gasteiger partial charge < -0.3 is 10.3 Å². The van der Waals surface area contributed by atoms with E-state index in [0.29, 0.717) is 18.0 Å². The summed E-state index contributed by atoms with van der Waals surface area (Å²) in [5, 5.41) is 0.